The van der Waals surface area contributed by atoms with Crippen LogP contribution in [0.2, 0.25) is 5.02 Å². The molecule has 22 heavy (non-hydrogen) atoms. The van der Waals surface area contributed by atoms with Crippen LogP contribution < -0.4 is 5.32 Å². The number of nitrogens with zero attached hydrogens (tertiary/aromatic N) is 2. The minimum Gasteiger partial charge on any atom is -0.320 e. The number of aromatic nitrogens is 2. The molecule has 0 aliphatic rings. The molecular formula is C17H17ClFN3. The number of hydrogen-bond acceptors (Lipinski definition) is 2. The molecule has 3 rings (SSSR count). The summed E-state index contributed by atoms with van der Waals surface area (Å²) in [5.74, 6) is -0.237. The minimum absolute atomic E-state index is 0.00505. The largest absolute Gasteiger partial charge is 0.320 e. The maximum absolute atomic E-state index is 13.2. The Kier molecular flexibility index (Phi) is 4.41. The van der Waals surface area contributed by atoms with Crippen molar-refractivity contribution < 1.29 is 4.39 Å². The monoisotopic (exact) mass is 317 g/mol. The lowest BCUT2D eigenvalue weighted by Gasteiger charge is -2.19. The van der Waals surface area contributed by atoms with Crippen LogP contribution in [0.5, 0.6) is 0 Å². The Hall–Kier alpha value is -1.91. The van der Waals surface area contributed by atoms with Gasteiger partial charge >= 0.3 is 0 Å². The van der Waals surface area contributed by atoms with Crippen molar-refractivity contribution in [1.82, 2.24) is 15.1 Å². The fourth-order valence-corrected chi connectivity index (χ4v) is 2.96. The van der Waals surface area contributed by atoms with Crippen LogP contribution in [0.25, 0.3) is 10.9 Å². The highest BCUT2D eigenvalue weighted by atomic mass is 35.5. The Morgan fingerprint density at radius 1 is 1.23 bits per heavy atom. The molecule has 0 aliphatic carbocycles. The molecule has 0 saturated carbocycles. The van der Waals surface area contributed by atoms with Gasteiger partial charge in [-0.15, -0.1) is 0 Å². The van der Waals surface area contributed by atoms with Crippen molar-refractivity contribution in [2.24, 2.45) is 0 Å². The first-order valence-electron chi connectivity index (χ1n) is 7.22. The molecule has 0 aliphatic heterocycles. The van der Waals surface area contributed by atoms with Crippen molar-refractivity contribution in [1.29, 1.82) is 0 Å². The Morgan fingerprint density at radius 3 is 2.73 bits per heavy atom. The molecule has 3 aromatic rings. The topological polar surface area (TPSA) is 29.9 Å². The molecule has 0 radical (unpaired) electrons. The molecule has 5 heteroatoms. The van der Waals surface area contributed by atoms with Crippen LogP contribution in [0.15, 0.2) is 48.7 Å². The van der Waals surface area contributed by atoms with Gasteiger partial charge in [-0.25, -0.2) is 4.39 Å². The Balaban J connectivity index is 2.09. The lowest BCUT2D eigenvalue weighted by Crippen LogP contribution is -2.18. The van der Waals surface area contributed by atoms with E-state index in [-0.39, 0.29) is 11.9 Å². The van der Waals surface area contributed by atoms with Gasteiger partial charge in [0.25, 0.3) is 0 Å². The number of hydrogen-bond donors (Lipinski definition) is 1. The first-order chi connectivity index (χ1) is 10.7. The van der Waals surface area contributed by atoms with Crippen LogP contribution in [-0.4, -0.2) is 23.4 Å². The molecule has 1 unspecified atom stereocenters. The zero-order valence-corrected chi connectivity index (χ0v) is 13.0. The Morgan fingerprint density at radius 2 is 2.00 bits per heavy atom. The van der Waals surface area contributed by atoms with E-state index in [1.807, 2.05) is 36.1 Å². The molecule has 2 aromatic carbocycles. The van der Waals surface area contributed by atoms with Crippen LogP contribution in [0.3, 0.4) is 0 Å². The van der Waals surface area contributed by atoms with Crippen LogP contribution in [0.1, 0.15) is 18.0 Å². The second kappa shape index (κ2) is 6.46. The quantitative estimate of drug-likeness (QED) is 0.770. The van der Waals surface area contributed by atoms with Crippen LogP contribution >= 0.6 is 11.6 Å². The lowest BCUT2D eigenvalue weighted by atomic mass is 10.0. The van der Waals surface area contributed by atoms with Gasteiger partial charge in [0.1, 0.15) is 5.82 Å². The molecule has 0 amide bonds. The highest BCUT2D eigenvalue weighted by molar-refractivity contribution is 6.35. The predicted octanol–water partition coefficient (Wildman–Crippen LogP) is 4.03. The van der Waals surface area contributed by atoms with Gasteiger partial charge in [0.05, 0.1) is 22.8 Å². The zero-order chi connectivity index (χ0) is 15.5. The van der Waals surface area contributed by atoms with E-state index in [1.165, 1.54) is 12.1 Å². The summed E-state index contributed by atoms with van der Waals surface area (Å²) in [5, 5.41) is 9.35. The molecule has 1 heterocycles. The molecule has 1 N–H and O–H groups in total. The van der Waals surface area contributed by atoms with E-state index >= 15 is 0 Å². The molecule has 0 spiro atoms. The van der Waals surface area contributed by atoms with Gasteiger partial charge in [0.15, 0.2) is 0 Å². The van der Waals surface area contributed by atoms with E-state index in [2.05, 4.69) is 10.4 Å². The molecule has 0 bridgehead atoms. The number of fused-ring (bicyclic) bond motifs is 1. The number of rotatable bonds is 5. The van der Waals surface area contributed by atoms with Crippen molar-refractivity contribution in [2.45, 2.75) is 12.5 Å². The average Bonchev–Trinajstić information content (AvgIpc) is 2.95. The third-order valence-electron chi connectivity index (χ3n) is 3.79. The molecule has 0 fully saturated rings. The van der Waals surface area contributed by atoms with Gasteiger partial charge in [-0.2, -0.15) is 5.10 Å². The van der Waals surface area contributed by atoms with Gasteiger partial charge in [-0.1, -0.05) is 35.9 Å². The predicted molar refractivity (Wildman–Crippen MR) is 87.8 cm³/mol. The second-order valence-corrected chi connectivity index (χ2v) is 5.63. The highest BCUT2D eigenvalue weighted by Gasteiger charge is 2.18. The number of benzene rings is 2. The van der Waals surface area contributed by atoms with Crippen LogP contribution in [0, 0.1) is 5.82 Å². The SMILES string of the molecule is CNCCC(c1ccc(F)cc1)n1ncc2cccc(Cl)c21. The van der Waals surface area contributed by atoms with Gasteiger partial charge in [0.2, 0.25) is 0 Å². The maximum Gasteiger partial charge on any atom is 0.123 e. The van der Waals surface area contributed by atoms with Crippen LogP contribution in [0.4, 0.5) is 4.39 Å². The van der Waals surface area contributed by atoms with E-state index in [0.29, 0.717) is 5.02 Å². The van der Waals surface area contributed by atoms with Gasteiger partial charge in [-0.05, 0) is 43.8 Å². The first kappa shape index (κ1) is 15.0. The molecule has 3 nitrogen and oxygen atoms in total. The summed E-state index contributed by atoms with van der Waals surface area (Å²) in [6.45, 7) is 0.827. The average molecular weight is 318 g/mol. The van der Waals surface area contributed by atoms with Crippen LogP contribution in [-0.2, 0) is 0 Å². The summed E-state index contributed by atoms with van der Waals surface area (Å²) < 4.78 is 15.1. The van der Waals surface area contributed by atoms with Gasteiger partial charge in [0, 0.05) is 5.39 Å². The molecule has 1 atom stereocenters. The smallest absolute Gasteiger partial charge is 0.123 e. The van der Waals surface area contributed by atoms with Crippen molar-refractivity contribution in [2.75, 3.05) is 13.6 Å². The number of para-hydroxylation sites is 1. The summed E-state index contributed by atoms with van der Waals surface area (Å²) in [5.41, 5.74) is 1.93. The molecular weight excluding hydrogens is 301 g/mol. The first-order valence-corrected chi connectivity index (χ1v) is 7.60. The summed E-state index contributed by atoms with van der Waals surface area (Å²) in [6, 6.07) is 12.3. The standard InChI is InChI=1S/C17H17ClFN3/c1-20-10-9-16(12-5-7-14(19)8-6-12)22-17-13(11-21-22)3-2-4-15(17)18/h2-8,11,16,20H,9-10H2,1H3. The lowest BCUT2D eigenvalue weighted by molar-refractivity contribution is 0.492. The summed E-state index contributed by atoms with van der Waals surface area (Å²) in [6.07, 6.45) is 2.65. The number of halogens is 2. The summed E-state index contributed by atoms with van der Waals surface area (Å²) >= 11 is 6.36. The van der Waals surface area contributed by atoms with Crippen molar-refractivity contribution >= 4 is 22.5 Å². The third-order valence-corrected chi connectivity index (χ3v) is 4.09. The zero-order valence-electron chi connectivity index (χ0n) is 12.3. The van der Waals surface area contributed by atoms with Gasteiger partial charge < -0.3 is 5.32 Å². The van der Waals surface area contributed by atoms with E-state index < -0.39 is 0 Å². The Labute approximate surface area is 133 Å². The van der Waals surface area contributed by atoms with Gasteiger partial charge in [-0.3, -0.25) is 4.68 Å². The van der Waals surface area contributed by atoms with Crippen molar-refractivity contribution in [3.63, 3.8) is 0 Å². The van der Waals surface area contributed by atoms with E-state index in [0.717, 1.165) is 29.4 Å². The van der Waals surface area contributed by atoms with Crippen molar-refractivity contribution in [3.05, 3.63) is 65.1 Å². The second-order valence-electron chi connectivity index (χ2n) is 5.23. The van der Waals surface area contributed by atoms with E-state index in [1.54, 1.807) is 12.1 Å². The maximum atomic E-state index is 13.2. The molecule has 1 aromatic heterocycles. The third kappa shape index (κ3) is 2.85. The fraction of sp³-hybridized carbons (Fsp3) is 0.235. The van der Waals surface area contributed by atoms with Crippen molar-refractivity contribution in [3.8, 4) is 0 Å². The van der Waals surface area contributed by atoms with E-state index in [4.69, 9.17) is 11.6 Å². The molecule has 0 saturated heterocycles. The van der Waals surface area contributed by atoms with E-state index in [9.17, 15) is 4.39 Å². The molecule has 114 valence electrons. The normalized spacial score (nSPS) is 12.7. The Bertz CT molecular complexity index is 767. The minimum atomic E-state index is -0.237. The highest BCUT2D eigenvalue weighted by Crippen LogP contribution is 2.30. The summed E-state index contributed by atoms with van der Waals surface area (Å²) in [7, 11) is 1.91. The summed E-state index contributed by atoms with van der Waals surface area (Å²) in [4.78, 5) is 0. The number of nitrogens with one attached hydrogen (secondary N) is 1. The fourth-order valence-electron chi connectivity index (χ4n) is 2.69.